The first-order chi connectivity index (χ1) is 12.2. The van der Waals surface area contributed by atoms with Crippen molar-refractivity contribution >= 4 is 0 Å². The molecule has 150 valence electrons. The highest BCUT2D eigenvalue weighted by molar-refractivity contribution is 5.21. The fraction of sp³-hybridized carbons (Fsp3) is 0.727. The van der Waals surface area contributed by atoms with E-state index < -0.39 is 0 Å². The highest BCUT2D eigenvalue weighted by Crippen LogP contribution is 2.17. The van der Waals surface area contributed by atoms with E-state index in [4.69, 9.17) is 14.2 Å². The van der Waals surface area contributed by atoms with Crippen LogP contribution in [0.15, 0.2) is 24.3 Å². The summed E-state index contributed by atoms with van der Waals surface area (Å²) in [6.45, 7) is 18.1. The van der Waals surface area contributed by atoms with Gasteiger partial charge >= 0.3 is 0 Å². The third-order valence-electron chi connectivity index (χ3n) is 3.82. The summed E-state index contributed by atoms with van der Waals surface area (Å²) in [5, 5.41) is 3.40. The van der Waals surface area contributed by atoms with E-state index in [1.807, 2.05) is 0 Å². The van der Waals surface area contributed by atoms with E-state index in [2.05, 4.69) is 71.1 Å². The molecule has 1 aromatic rings. The Labute approximate surface area is 160 Å². The van der Waals surface area contributed by atoms with Crippen LogP contribution in [0, 0.1) is 5.41 Å². The second-order valence-corrected chi connectivity index (χ2v) is 8.93. The number of rotatable bonds is 12. The maximum atomic E-state index is 5.79. The zero-order valence-corrected chi connectivity index (χ0v) is 17.7. The zero-order chi connectivity index (χ0) is 19.5. The van der Waals surface area contributed by atoms with Gasteiger partial charge in [-0.05, 0) is 43.7 Å². The predicted octanol–water partition coefficient (Wildman–Crippen LogP) is 4.56. The van der Waals surface area contributed by atoms with Crippen LogP contribution in [0.1, 0.15) is 59.1 Å². The lowest BCUT2D eigenvalue weighted by Gasteiger charge is -2.19. The Morgan fingerprint density at radius 3 is 1.92 bits per heavy atom. The molecular formula is C22H39NO3. The molecule has 4 heteroatoms. The minimum Gasteiger partial charge on any atom is -0.379 e. The van der Waals surface area contributed by atoms with Gasteiger partial charge in [0.05, 0.1) is 32.0 Å². The number of ether oxygens (including phenoxy) is 3. The van der Waals surface area contributed by atoms with Gasteiger partial charge in [-0.2, -0.15) is 0 Å². The molecule has 0 spiro atoms. The van der Waals surface area contributed by atoms with E-state index in [0.717, 1.165) is 26.1 Å². The predicted molar refractivity (Wildman–Crippen MR) is 108 cm³/mol. The van der Waals surface area contributed by atoms with Crippen molar-refractivity contribution in [3.63, 3.8) is 0 Å². The molecular weight excluding hydrogens is 326 g/mol. The van der Waals surface area contributed by atoms with Crippen molar-refractivity contribution in [3.05, 3.63) is 35.4 Å². The molecule has 0 aliphatic heterocycles. The van der Waals surface area contributed by atoms with Crippen LogP contribution < -0.4 is 5.32 Å². The number of hydrogen-bond acceptors (Lipinski definition) is 4. The molecule has 0 aliphatic carbocycles. The second kappa shape index (κ2) is 11.7. The largest absolute Gasteiger partial charge is 0.379 e. The van der Waals surface area contributed by atoms with Crippen LogP contribution in [0.3, 0.4) is 0 Å². The van der Waals surface area contributed by atoms with Gasteiger partial charge in [0.2, 0.25) is 0 Å². The summed E-state index contributed by atoms with van der Waals surface area (Å²) >= 11 is 0. The standard InChI is InChI=1S/C22H39NO3/c1-21(2,3)11-13-24-15-16-25-14-12-23-17-19-7-9-20(10-8-19)18-26-22(4,5)6/h7-10,23H,11-18H2,1-6H3. The van der Waals surface area contributed by atoms with Crippen LogP contribution in [0.25, 0.3) is 0 Å². The van der Waals surface area contributed by atoms with Crippen molar-refractivity contribution in [1.82, 2.24) is 5.32 Å². The molecule has 1 rings (SSSR count). The molecule has 0 saturated carbocycles. The quantitative estimate of drug-likeness (QED) is 0.551. The summed E-state index contributed by atoms with van der Waals surface area (Å²) in [5.41, 5.74) is 2.72. The van der Waals surface area contributed by atoms with E-state index in [-0.39, 0.29) is 5.60 Å². The second-order valence-electron chi connectivity index (χ2n) is 8.93. The molecule has 0 bridgehead atoms. The Hall–Kier alpha value is -0.940. The van der Waals surface area contributed by atoms with Crippen molar-refractivity contribution < 1.29 is 14.2 Å². The molecule has 0 atom stereocenters. The topological polar surface area (TPSA) is 39.7 Å². The third-order valence-corrected chi connectivity index (χ3v) is 3.82. The first-order valence-electron chi connectivity index (χ1n) is 9.74. The summed E-state index contributed by atoms with van der Waals surface area (Å²) in [5.74, 6) is 0. The van der Waals surface area contributed by atoms with Gasteiger partial charge in [0, 0.05) is 19.7 Å². The fourth-order valence-corrected chi connectivity index (χ4v) is 2.13. The van der Waals surface area contributed by atoms with E-state index >= 15 is 0 Å². The van der Waals surface area contributed by atoms with Gasteiger partial charge in [0.25, 0.3) is 0 Å². The van der Waals surface area contributed by atoms with Gasteiger partial charge in [-0.1, -0.05) is 45.0 Å². The van der Waals surface area contributed by atoms with Gasteiger partial charge in [-0.15, -0.1) is 0 Å². The van der Waals surface area contributed by atoms with Gasteiger partial charge in [0.1, 0.15) is 0 Å². The average molecular weight is 366 g/mol. The Morgan fingerprint density at radius 2 is 1.35 bits per heavy atom. The molecule has 0 unspecified atom stereocenters. The van der Waals surface area contributed by atoms with Crippen molar-refractivity contribution in [2.24, 2.45) is 5.41 Å². The highest BCUT2D eigenvalue weighted by Gasteiger charge is 2.10. The van der Waals surface area contributed by atoms with Crippen molar-refractivity contribution in [2.75, 3.05) is 33.0 Å². The van der Waals surface area contributed by atoms with Crippen molar-refractivity contribution in [3.8, 4) is 0 Å². The van der Waals surface area contributed by atoms with E-state index in [9.17, 15) is 0 Å². The van der Waals surface area contributed by atoms with Gasteiger partial charge in [0.15, 0.2) is 0 Å². The van der Waals surface area contributed by atoms with Crippen LogP contribution in [-0.4, -0.2) is 38.6 Å². The van der Waals surface area contributed by atoms with Crippen LogP contribution in [0.4, 0.5) is 0 Å². The molecule has 0 aliphatic rings. The molecule has 0 aromatic heterocycles. The fourth-order valence-electron chi connectivity index (χ4n) is 2.13. The molecule has 0 fully saturated rings. The minimum absolute atomic E-state index is 0.0993. The summed E-state index contributed by atoms with van der Waals surface area (Å²) in [6, 6.07) is 8.57. The molecule has 26 heavy (non-hydrogen) atoms. The summed E-state index contributed by atoms with van der Waals surface area (Å²) in [7, 11) is 0. The minimum atomic E-state index is -0.0993. The monoisotopic (exact) mass is 365 g/mol. The molecule has 1 aromatic carbocycles. The van der Waals surface area contributed by atoms with Gasteiger partial charge in [-0.25, -0.2) is 0 Å². The average Bonchev–Trinajstić information content (AvgIpc) is 2.54. The summed E-state index contributed by atoms with van der Waals surface area (Å²) in [4.78, 5) is 0. The third kappa shape index (κ3) is 13.3. The Balaban J connectivity index is 2.01. The van der Waals surface area contributed by atoms with E-state index in [1.54, 1.807) is 0 Å². The first kappa shape index (κ1) is 23.1. The van der Waals surface area contributed by atoms with Crippen molar-refractivity contribution in [1.29, 1.82) is 0 Å². The molecule has 1 N–H and O–H groups in total. The van der Waals surface area contributed by atoms with Crippen LogP contribution >= 0.6 is 0 Å². The number of hydrogen-bond donors (Lipinski definition) is 1. The SMILES string of the molecule is CC(C)(C)CCOCCOCCNCc1ccc(COC(C)(C)C)cc1. The first-order valence-corrected chi connectivity index (χ1v) is 9.74. The van der Waals surface area contributed by atoms with Gasteiger partial charge in [-0.3, -0.25) is 0 Å². The highest BCUT2D eigenvalue weighted by atomic mass is 16.5. The lowest BCUT2D eigenvalue weighted by atomic mass is 9.93. The lowest BCUT2D eigenvalue weighted by molar-refractivity contribution is -0.0149. The summed E-state index contributed by atoms with van der Waals surface area (Å²) in [6.07, 6.45) is 1.08. The van der Waals surface area contributed by atoms with Crippen LogP contribution in [0.5, 0.6) is 0 Å². The zero-order valence-electron chi connectivity index (χ0n) is 17.7. The normalized spacial score (nSPS) is 12.5. The Morgan fingerprint density at radius 1 is 0.769 bits per heavy atom. The Kier molecular flexibility index (Phi) is 10.4. The number of nitrogens with one attached hydrogen (secondary N) is 1. The van der Waals surface area contributed by atoms with Gasteiger partial charge < -0.3 is 19.5 Å². The lowest BCUT2D eigenvalue weighted by Crippen LogP contribution is -2.20. The Bertz CT molecular complexity index is 472. The van der Waals surface area contributed by atoms with Crippen LogP contribution in [0.2, 0.25) is 0 Å². The molecule has 0 heterocycles. The summed E-state index contributed by atoms with van der Waals surface area (Å²) < 4.78 is 17.0. The van der Waals surface area contributed by atoms with E-state index in [0.29, 0.717) is 31.8 Å². The molecule has 0 radical (unpaired) electrons. The molecule has 0 saturated heterocycles. The maximum Gasteiger partial charge on any atom is 0.0724 e. The molecule has 0 amide bonds. The van der Waals surface area contributed by atoms with Crippen LogP contribution in [-0.2, 0) is 27.4 Å². The van der Waals surface area contributed by atoms with Crippen molar-refractivity contribution in [2.45, 2.75) is 66.7 Å². The van der Waals surface area contributed by atoms with E-state index in [1.165, 1.54) is 11.1 Å². The smallest absolute Gasteiger partial charge is 0.0724 e. The molecule has 4 nitrogen and oxygen atoms in total. The number of benzene rings is 1. The maximum absolute atomic E-state index is 5.79.